The van der Waals surface area contributed by atoms with E-state index in [1.54, 1.807) is 20.8 Å². The second-order valence-corrected chi connectivity index (χ2v) is 7.44. The number of H-pyrrole nitrogens is 2. The van der Waals surface area contributed by atoms with Gasteiger partial charge in [0.2, 0.25) is 0 Å². The zero-order valence-corrected chi connectivity index (χ0v) is 16.5. The largest absolute Gasteiger partial charge is 0.462 e. The summed E-state index contributed by atoms with van der Waals surface area (Å²) in [5.74, 6) is -1.89. The van der Waals surface area contributed by atoms with Gasteiger partial charge in [-0.3, -0.25) is 14.6 Å². The molecule has 0 aromatic carbocycles. The summed E-state index contributed by atoms with van der Waals surface area (Å²) < 4.78 is 23.3. The van der Waals surface area contributed by atoms with Crippen LogP contribution in [0, 0.1) is 0 Å². The van der Waals surface area contributed by atoms with Crippen LogP contribution in [0.15, 0.2) is 20.4 Å². The van der Waals surface area contributed by atoms with Gasteiger partial charge in [-0.1, -0.05) is 0 Å². The monoisotopic (exact) mass is 423 g/mol. The number of aromatic amines is 2. The highest BCUT2D eigenvalue weighted by atomic mass is 16.8. The highest BCUT2D eigenvalue weighted by Gasteiger charge is 2.56. The molecule has 4 heterocycles. The average molecular weight is 423 g/mol. The normalized spacial score (nSPS) is 27.3. The third-order valence-electron chi connectivity index (χ3n) is 5.00. The van der Waals surface area contributed by atoms with Gasteiger partial charge in [-0.15, -0.1) is 0 Å². The first-order valence-corrected chi connectivity index (χ1v) is 9.37. The van der Waals surface area contributed by atoms with E-state index >= 15 is 0 Å². The van der Waals surface area contributed by atoms with Gasteiger partial charge in [0, 0.05) is 0 Å². The molecule has 0 aliphatic carbocycles. The third kappa shape index (κ3) is 3.17. The number of carbonyl (C=O) groups is 1. The molecule has 0 radical (unpaired) electrons. The molecule has 4 atom stereocenters. The van der Waals surface area contributed by atoms with Crippen LogP contribution in [0.2, 0.25) is 0 Å². The highest BCUT2D eigenvalue weighted by molar-refractivity contribution is 5.92. The Hall–Kier alpha value is -2.80. The lowest BCUT2D eigenvalue weighted by Gasteiger charge is -2.25. The number of esters is 1. The van der Waals surface area contributed by atoms with Crippen molar-refractivity contribution in [3.05, 3.63) is 42.8 Å². The van der Waals surface area contributed by atoms with E-state index in [-0.39, 0.29) is 23.2 Å². The molecule has 0 spiro atoms. The van der Waals surface area contributed by atoms with Crippen molar-refractivity contribution in [1.82, 2.24) is 14.5 Å². The fraction of sp³-hybridized carbons (Fsp3) is 0.556. The zero-order chi connectivity index (χ0) is 21.8. The summed E-state index contributed by atoms with van der Waals surface area (Å²) in [4.78, 5) is 54.1. The van der Waals surface area contributed by atoms with E-state index in [4.69, 9.17) is 18.9 Å². The van der Waals surface area contributed by atoms with E-state index in [1.165, 1.54) is 0 Å². The summed E-state index contributed by atoms with van der Waals surface area (Å²) in [6.07, 6.45) is -3.36. The van der Waals surface area contributed by atoms with Gasteiger partial charge in [-0.05, 0) is 26.8 Å². The molecule has 4 rings (SSSR count). The standard InChI is InChI=1S/C18H21N3O9/c1-4-27-16(25)8-5-7-12(19-14(8)24)21(17(26)20-13(7)23)15-11-10(9(6-22)28-15)29-18(2,3)30-11/h5,9-11,15,22H,4,6H2,1-3H3,(H,19,24)(H,20,23,26)/t9-,10+,11?,15-/m1/s1. The second-order valence-electron chi connectivity index (χ2n) is 7.44. The highest BCUT2D eigenvalue weighted by Crippen LogP contribution is 2.42. The Balaban J connectivity index is 1.90. The number of aliphatic hydroxyl groups is 1. The van der Waals surface area contributed by atoms with Crippen molar-refractivity contribution in [1.29, 1.82) is 0 Å². The van der Waals surface area contributed by atoms with Crippen molar-refractivity contribution in [2.24, 2.45) is 0 Å². The fourth-order valence-corrected chi connectivity index (χ4v) is 3.83. The van der Waals surface area contributed by atoms with Crippen molar-refractivity contribution < 1.29 is 28.8 Å². The van der Waals surface area contributed by atoms with Crippen LogP contribution >= 0.6 is 0 Å². The molecule has 2 aromatic rings. The maximum absolute atomic E-state index is 12.7. The maximum atomic E-state index is 12.7. The average Bonchev–Trinajstić information content (AvgIpc) is 3.14. The minimum atomic E-state index is -1.11. The second kappa shape index (κ2) is 7.16. The number of aromatic nitrogens is 3. The Labute approximate surface area is 168 Å². The number of rotatable bonds is 4. The number of nitrogens with one attached hydrogen (secondary N) is 2. The topological polar surface area (TPSA) is 162 Å². The van der Waals surface area contributed by atoms with E-state index in [0.717, 1.165) is 10.6 Å². The van der Waals surface area contributed by atoms with Crippen LogP contribution in [-0.2, 0) is 18.9 Å². The van der Waals surface area contributed by atoms with Crippen molar-refractivity contribution >= 4 is 17.0 Å². The van der Waals surface area contributed by atoms with Gasteiger partial charge in [-0.2, -0.15) is 0 Å². The van der Waals surface area contributed by atoms with E-state index in [9.17, 15) is 24.3 Å². The lowest BCUT2D eigenvalue weighted by molar-refractivity contribution is -0.200. The van der Waals surface area contributed by atoms with Gasteiger partial charge in [0.15, 0.2) is 12.0 Å². The van der Waals surface area contributed by atoms with Gasteiger partial charge >= 0.3 is 11.7 Å². The molecular weight excluding hydrogens is 402 g/mol. The summed E-state index contributed by atoms with van der Waals surface area (Å²) in [6, 6.07) is 1.06. The number of fused-ring (bicyclic) bond motifs is 2. The number of nitrogens with zero attached hydrogens (tertiary/aromatic N) is 1. The first kappa shape index (κ1) is 20.5. The van der Waals surface area contributed by atoms with Gasteiger partial charge in [-0.25, -0.2) is 14.2 Å². The minimum absolute atomic E-state index is 0.0425. The van der Waals surface area contributed by atoms with Crippen molar-refractivity contribution in [3.63, 3.8) is 0 Å². The third-order valence-corrected chi connectivity index (χ3v) is 5.00. The number of hydrogen-bond donors (Lipinski definition) is 3. The molecule has 12 nitrogen and oxygen atoms in total. The molecule has 2 aromatic heterocycles. The lowest BCUT2D eigenvalue weighted by Crippen LogP contribution is -2.39. The first-order valence-electron chi connectivity index (χ1n) is 9.37. The molecule has 12 heteroatoms. The molecule has 1 unspecified atom stereocenters. The molecule has 0 amide bonds. The number of aliphatic hydroxyl groups excluding tert-OH is 1. The predicted molar refractivity (Wildman–Crippen MR) is 100 cm³/mol. The molecule has 2 saturated heterocycles. The molecule has 0 bridgehead atoms. The molecule has 0 saturated carbocycles. The van der Waals surface area contributed by atoms with E-state index in [2.05, 4.69) is 9.97 Å². The molecular formula is C18H21N3O9. The van der Waals surface area contributed by atoms with Gasteiger partial charge < -0.3 is 29.0 Å². The SMILES string of the molecule is CCOC(=O)c1cc2c(=O)[nH]c(=O)n([C@@H]3O[C@H](CO)[C@@H]4OC(C)(C)OC43)c2[nH]c1=O. The van der Waals surface area contributed by atoms with Crippen molar-refractivity contribution in [2.75, 3.05) is 13.2 Å². The van der Waals surface area contributed by atoms with Crippen LogP contribution in [0.25, 0.3) is 11.0 Å². The first-order chi connectivity index (χ1) is 14.2. The van der Waals surface area contributed by atoms with Crippen LogP contribution in [-0.4, -0.2) is 62.9 Å². The van der Waals surface area contributed by atoms with Gasteiger partial charge in [0.1, 0.15) is 29.5 Å². The molecule has 2 aliphatic heterocycles. The molecule has 30 heavy (non-hydrogen) atoms. The van der Waals surface area contributed by atoms with Crippen LogP contribution in [0.1, 0.15) is 37.4 Å². The Morgan fingerprint density at radius 2 is 1.90 bits per heavy atom. The van der Waals surface area contributed by atoms with Crippen molar-refractivity contribution in [2.45, 2.75) is 51.1 Å². The summed E-state index contributed by atoms with van der Waals surface area (Å²) in [7, 11) is 0. The summed E-state index contributed by atoms with van der Waals surface area (Å²) >= 11 is 0. The van der Waals surface area contributed by atoms with Crippen LogP contribution < -0.4 is 16.8 Å². The quantitative estimate of drug-likeness (QED) is 0.522. The Kier molecular flexibility index (Phi) is 4.89. The zero-order valence-electron chi connectivity index (χ0n) is 16.5. The number of hydrogen-bond acceptors (Lipinski definition) is 9. The summed E-state index contributed by atoms with van der Waals surface area (Å²) in [5.41, 5.74) is -3.03. The Bertz CT molecular complexity index is 1180. The van der Waals surface area contributed by atoms with E-state index < -0.39 is 59.7 Å². The number of carbonyl (C=O) groups excluding carboxylic acids is 1. The number of pyridine rings is 1. The fourth-order valence-electron chi connectivity index (χ4n) is 3.83. The van der Waals surface area contributed by atoms with E-state index in [0.29, 0.717) is 0 Å². The Morgan fingerprint density at radius 1 is 1.20 bits per heavy atom. The smallest absolute Gasteiger partial charge is 0.343 e. The molecule has 2 aliphatic rings. The minimum Gasteiger partial charge on any atom is -0.462 e. The number of ether oxygens (including phenoxy) is 4. The van der Waals surface area contributed by atoms with Crippen LogP contribution in [0.4, 0.5) is 0 Å². The molecule has 3 N–H and O–H groups in total. The summed E-state index contributed by atoms with van der Waals surface area (Å²) in [5, 5.41) is 9.53. The van der Waals surface area contributed by atoms with Gasteiger partial charge in [0.25, 0.3) is 11.1 Å². The lowest BCUT2D eigenvalue weighted by atomic mass is 10.1. The molecule has 2 fully saturated rings. The Morgan fingerprint density at radius 3 is 2.57 bits per heavy atom. The van der Waals surface area contributed by atoms with Gasteiger partial charge in [0.05, 0.1) is 18.6 Å². The predicted octanol–water partition coefficient (Wildman–Crippen LogP) is -1.04. The molecule has 162 valence electrons. The summed E-state index contributed by atoms with van der Waals surface area (Å²) in [6.45, 7) is 4.59. The van der Waals surface area contributed by atoms with Crippen molar-refractivity contribution in [3.8, 4) is 0 Å². The maximum Gasteiger partial charge on any atom is 0.343 e. The van der Waals surface area contributed by atoms with E-state index in [1.807, 2.05) is 0 Å². The van der Waals surface area contributed by atoms with Crippen LogP contribution in [0.3, 0.4) is 0 Å². The van der Waals surface area contributed by atoms with Crippen LogP contribution in [0.5, 0.6) is 0 Å².